The van der Waals surface area contributed by atoms with Crippen molar-refractivity contribution in [3.8, 4) is 0 Å². The summed E-state index contributed by atoms with van der Waals surface area (Å²) < 4.78 is 85.5. The molecule has 0 aromatic heterocycles. The molecule has 3 rings (SSSR count). The maximum absolute atomic E-state index is 12.6. The lowest BCUT2D eigenvalue weighted by molar-refractivity contribution is -0.712. The summed E-state index contributed by atoms with van der Waals surface area (Å²) >= 11 is 0. The fraction of sp³-hybridized carbons (Fsp3) is 1.00. The Kier molecular flexibility index (Phi) is 6.05. The minimum Gasteiger partial charge on any atom is -0.618 e. The lowest BCUT2D eigenvalue weighted by Crippen LogP contribution is -3.11. The minimum atomic E-state index is -5.97. The van der Waals surface area contributed by atoms with Gasteiger partial charge in [0.2, 0.25) is 0 Å². The minimum absolute atomic E-state index is 0.150. The van der Waals surface area contributed by atoms with Gasteiger partial charge in [-0.2, -0.15) is 30.0 Å². The van der Waals surface area contributed by atoms with E-state index in [4.69, 9.17) is 4.18 Å². The van der Waals surface area contributed by atoms with Crippen molar-refractivity contribution in [2.24, 2.45) is 17.8 Å². The summed E-state index contributed by atoms with van der Waals surface area (Å²) in [6.07, 6.45) is 3.58. The lowest BCUT2D eigenvalue weighted by atomic mass is 9.64. The Morgan fingerprint density at radius 3 is 2.23 bits per heavy atom. The summed E-state index contributed by atoms with van der Waals surface area (Å²) in [5.41, 5.74) is -5.70. The third-order valence-electron chi connectivity index (χ3n) is 5.32. The Balaban J connectivity index is 2.01. The number of hydrogen-bond donors (Lipinski definition) is 1. The monoisotopic (exact) mass is 423 g/mol. The van der Waals surface area contributed by atoms with Crippen molar-refractivity contribution < 1.29 is 38.7 Å². The van der Waals surface area contributed by atoms with Crippen LogP contribution in [0.5, 0.6) is 0 Å². The van der Waals surface area contributed by atoms with E-state index in [9.17, 15) is 35.2 Å². The van der Waals surface area contributed by atoms with Gasteiger partial charge in [-0.25, -0.2) is 0 Å². The summed E-state index contributed by atoms with van der Waals surface area (Å²) in [6.45, 7) is 1.41. The quantitative estimate of drug-likeness (QED) is 0.508. The number of halogens is 3. The summed E-state index contributed by atoms with van der Waals surface area (Å²) in [6, 6.07) is 0. The Morgan fingerprint density at radius 1 is 1.12 bits per heavy atom. The van der Waals surface area contributed by atoms with Crippen molar-refractivity contribution in [3.05, 3.63) is 5.21 Å². The number of hydrogen-bond acceptors (Lipinski definition) is 6. The van der Waals surface area contributed by atoms with Crippen LogP contribution in [0.3, 0.4) is 0 Å². The molecule has 0 amide bonds. The van der Waals surface area contributed by atoms with Crippen LogP contribution in [0.15, 0.2) is 0 Å². The number of fused-ring (bicyclic) bond motifs is 4. The van der Waals surface area contributed by atoms with Crippen LogP contribution in [0.25, 0.3) is 0 Å². The van der Waals surface area contributed by atoms with Crippen LogP contribution in [-0.2, 0) is 24.3 Å². The van der Waals surface area contributed by atoms with Gasteiger partial charge < -0.3 is 5.21 Å². The molecule has 12 heteroatoms. The molecule has 0 aromatic carbocycles. The molecule has 1 N–H and O–H groups in total. The van der Waals surface area contributed by atoms with Crippen LogP contribution in [0.4, 0.5) is 13.2 Å². The zero-order valence-corrected chi connectivity index (χ0v) is 16.2. The number of sulfonamides is 1. The van der Waals surface area contributed by atoms with Gasteiger partial charge in [0.25, 0.3) is 10.1 Å². The molecule has 0 saturated heterocycles. The van der Waals surface area contributed by atoms with Gasteiger partial charge in [-0.05, 0) is 56.8 Å². The molecule has 0 aromatic rings. The summed E-state index contributed by atoms with van der Waals surface area (Å²) in [7, 11) is -10.1. The van der Waals surface area contributed by atoms with E-state index in [0.29, 0.717) is 18.8 Å². The number of alkyl halides is 3. The molecule has 7 nitrogen and oxygen atoms in total. The highest BCUT2D eigenvalue weighted by Gasteiger charge is 2.52. The van der Waals surface area contributed by atoms with Crippen LogP contribution in [0.2, 0.25) is 0 Å². The molecular weight excluding hydrogens is 399 g/mol. The van der Waals surface area contributed by atoms with Gasteiger partial charge in [-0.1, -0.05) is 6.92 Å². The lowest BCUT2D eigenvalue weighted by Gasteiger charge is -2.46. The maximum atomic E-state index is 12.6. The van der Waals surface area contributed by atoms with Crippen molar-refractivity contribution in [1.29, 1.82) is 0 Å². The average Bonchev–Trinajstić information content (AvgIpc) is 2.40. The molecule has 154 valence electrons. The van der Waals surface area contributed by atoms with Crippen LogP contribution >= 0.6 is 0 Å². The molecule has 0 spiro atoms. The Hall–Kier alpha value is -0.430. The van der Waals surface area contributed by atoms with E-state index in [2.05, 4.69) is 0 Å². The van der Waals surface area contributed by atoms with Crippen LogP contribution in [0.1, 0.15) is 46.0 Å². The molecule has 2 bridgehead atoms. The summed E-state index contributed by atoms with van der Waals surface area (Å²) in [5, 5.41) is 11.3. The highest BCUT2D eigenvalue weighted by atomic mass is 32.2. The first-order valence-corrected chi connectivity index (χ1v) is 11.3. The first-order chi connectivity index (χ1) is 11.7. The second kappa shape index (κ2) is 7.19. The number of hydroxylamine groups is 1. The standard InChI is InChI=1S/C14H24F3NO6S2/c1-10-5-11-6-12(7-11)9-13(2,8-10)26(22,23)24-4-3-18(19)25(20,21)14(15,16)17/h10-12,18H,3-9H2,1-2H3. The van der Waals surface area contributed by atoms with Crippen molar-refractivity contribution in [2.45, 2.75) is 56.2 Å². The van der Waals surface area contributed by atoms with E-state index in [1.807, 2.05) is 6.92 Å². The summed E-state index contributed by atoms with van der Waals surface area (Å²) in [4.78, 5) is 0. The second-order valence-electron chi connectivity index (χ2n) is 7.75. The molecule has 3 aliphatic carbocycles. The van der Waals surface area contributed by atoms with Crippen molar-refractivity contribution in [2.75, 3.05) is 13.2 Å². The van der Waals surface area contributed by atoms with Gasteiger partial charge in [0, 0.05) is 0 Å². The second-order valence-corrected chi connectivity index (χ2v) is 11.8. The van der Waals surface area contributed by atoms with E-state index < -0.39 is 48.0 Å². The van der Waals surface area contributed by atoms with Crippen LogP contribution in [-0.4, -0.2) is 40.2 Å². The SMILES string of the molecule is CC1CC2CC(C2)CC(C)(S(=O)(=O)OCC[NH+]([O-])S(=O)(=O)C(F)(F)F)C1. The fourth-order valence-electron chi connectivity index (χ4n) is 4.16. The van der Waals surface area contributed by atoms with E-state index in [1.165, 1.54) is 0 Å². The summed E-state index contributed by atoms with van der Waals surface area (Å²) in [5.74, 6) is 1.04. The Bertz CT molecular complexity index is 713. The molecule has 0 aliphatic heterocycles. The van der Waals surface area contributed by atoms with Gasteiger partial charge >= 0.3 is 15.5 Å². The van der Waals surface area contributed by atoms with E-state index in [1.54, 1.807) is 6.92 Å². The number of rotatable bonds is 6. The first-order valence-electron chi connectivity index (χ1n) is 8.41. The van der Waals surface area contributed by atoms with Gasteiger partial charge in [-0.15, -0.1) is 0 Å². The Labute approximate surface area is 151 Å². The zero-order valence-electron chi connectivity index (χ0n) is 14.6. The fourth-order valence-corrected chi connectivity index (χ4v) is 6.29. The van der Waals surface area contributed by atoms with Crippen molar-refractivity contribution in [3.63, 3.8) is 0 Å². The van der Waals surface area contributed by atoms with E-state index in [-0.39, 0.29) is 11.8 Å². The Morgan fingerprint density at radius 2 is 1.69 bits per heavy atom. The molecule has 3 saturated carbocycles. The predicted molar refractivity (Wildman–Crippen MR) is 86.7 cm³/mol. The third kappa shape index (κ3) is 4.34. The van der Waals surface area contributed by atoms with Gasteiger partial charge in [0.05, 0.1) is 4.75 Å². The third-order valence-corrected chi connectivity index (χ3v) is 8.75. The van der Waals surface area contributed by atoms with E-state index in [0.717, 1.165) is 19.3 Å². The largest absolute Gasteiger partial charge is 0.618 e. The topological polar surface area (TPSA) is 105 Å². The van der Waals surface area contributed by atoms with Crippen molar-refractivity contribution in [1.82, 2.24) is 0 Å². The molecular formula is C14H24F3NO6S2. The first kappa shape index (κ1) is 21.9. The smallest absolute Gasteiger partial charge is 0.549 e. The molecule has 3 unspecified atom stereocenters. The van der Waals surface area contributed by atoms with Crippen molar-refractivity contribution >= 4 is 20.1 Å². The average molecular weight is 423 g/mol. The van der Waals surface area contributed by atoms with E-state index >= 15 is 0 Å². The van der Waals surface area contributed by atoms with Gasteiger partial charge in [-0.3, -0.25) is 8.65 Å². The van der Waals surface area contributed by atoms with Crippen LogP contribution in [0, 0.1) is 23.0 Å². The molecule has 26 heavy (non-hydrogen) atoms. The molecule has 3 aliphatic rings. The molecule has 3 atom stereocenters. The molecule has 0 heterocycles. The number of quaternary nitrogens is 1. The highest BCUT2D eigenvalue weighted by Crippen LogP contribution is 2.49. The molecule has 0 radical (unpaired) electrons. The predicted octanol–water partition coefficient (Wildman–Crippen LogP) is 1.17. The van der Waals surface area contributed by atoms with Gasteiger partial charge in [0.15, 0.2) is 0 Å². The maximum Gasteiger partial charge on any atom is 0.549 e. The number of nitrogens with one attached hydrogen (secondary N) is 1. The molecule has 3 fully saturated rings. The van der Waals surface area contributed by atoms with Gasteiger partial charge in [0.1, 0.15) is 13.2 Å². The van der Waals surface area contributed by atoms with Crippen LogP contribution < -0.4 is 4.47 Å². The zero-order chi connectivity index (χ0) is 20.0. The highest BCUT2D eigenvalue weighted by molar-refractivity contribution is 7.88. The normalized spacial score (nSPS) is 34.5.